The highest BCUT2D eigenvalue weighted by molar-refractivity contribution is 5.80. The van der Waals surface area contributed by atoms with Crippen LogP contribution in [-0.4, -0.2) is 37.5 Å². The highest BCUT2D eigenvalue weighted by Crippen LogP contribution is 2.17. The molecule has 0 atom stereocenters. The van der Waals surface area contributed by atoms with Gasteiger partial charge in [-0.2, -0.15) is 0 Å². The van der Waals surface area contributed by atoms with Gasteiger partial charge >= 0.3 is 0 Å². The number of ether oxygens (including phenoxy) is 2. The summed E-state index contributed by atoms with van der Waals surface area (Å²) in [4.78, 5) is 0. The van der Waals surface area contributed by atoms with E-state index in [1.807, 2.05) is 0 Å². The van der Waals surface area contributed by atoms with E-state index in [9.17, 15) is 0 Å². The summed E-state index contributed by atoms with van der Waals surface area (Å²) >= 11 is 0. The zero-order valence-corrected chi connectivity index (χ0v) is 13.3. The van der Waals surface area contributed by atoms with Crippen molar-refractivity contribution in [2.75, 3.05) is 26.9 Å². The molecule has 0 unspecified atom stereocenters. The van der Waals surface area contributed by atoms with Gasteiger partial charge in [-0.3, -0.25) is 0 Å². The van der Waals surface area contributed by atoms with Gasteiger partial charge in [-0.15, -0.1) is 0 Å². The lowest BCUT2D eigenvalue weighted by molar-refractivity contribution is 0.0733. The second-order valence-electron chi connectivity index (χ2n) is 5.49. The van der Waals surface area contributed by atoms with Crippen molar-refractivity contribution in [1.29, 1.82) is 0 Å². The molecular formula is C17H26N2O2. The van der Waals surface area contributed by atoms with Gasteiger partial charge in [0.05, 0.1) is 19.3 Å². The Balaban J connectivity index is 1.99. The van der Waals surface area contributed by atoms with Crippen LogP contribution in [0.4, 0.5) is 0 Å². The summed E-state index contributed by atoms with van der Waals surface area (Å²) in [6.07, 6.45) is 2.42. The molecule has 4 nitrogen and oxygen atoms in total. The van der Waals surface area contributed by atoms with E-state index >= 15 is 0 Å². The predicted molar refractivity (Wildman–Crippen MR) is 86.6 cm³/mol. The molecule has 0 bridgehead atoms. The number of nitrogens with zero attached hydrogens (tertiary/aromatic N) is 1. The lowest BCUT2D eigenvalue weighted by Gasteiger charge is -2.10. The zero-order valence-electron chi connectivity index (χ0n) is 13.3. The van der Waals surface area contributed by atoms with Crippen LogP contribution in [0.1, 0.15) is 19.4 Å². The largest absolute Gasteiger partial charge is 0.383 e. The minimum Gasteiger partial charge on any atom is -0.383 e. The van der Waals surface area contributed by atoms with Crippen molar-refractivity contribution in [3.8, 4) is 0 Å². The van der Waals surface area contributed by atoms with Crippen molar-refractivity contribution >= 4 is 10.9 Å². The van der Waals surface area contributed by atoms with E-state index in [1.54, 1.807) is 7.11 Å². The van der Waals surface area contributed by atoms with Gasteiger partial charge in [0.15, 0.2) is 0 Å². The van der Waals surface area contributed by atoms with Crippen molar-refractivity contribution in [3.05, 3.63) is 36.0 Å². The molecule has 21 heavy (non-hydrogen) atoms. The van der Waals surface area contributed by atoms with E-state index in [1.165, 1.54) is 16.5 Å². The highest BCUT2D eigenvalue weighted by Gasteiger charge is 2.03. The Morgan fingerprint density at radius 1 is 1.19 bits per heavy atom. The molecule has 4 heteroatoms. The van der Waals surface area contributed by atoms with E-state index in [0.29, 0.717) is 0 Å². The van der Waals surface area contributed by atoms with Crippen LogP contribution in [0.3, 0.4) is 0 Å². The van der Waals surface area contributed by atoms with Crippen LogP contribution >= 0.6 is 0 Å². The van der Waals surface area contributed by atoms with E-state index in [0.717, 1.165) is 32.8 Å². The van der Waals surface area contributed by atoms with Gasteiger partial charge in [0, 0.05) is 38.5 Å². The first-order valence-corrected chi connectivity index (χ1v) is 7.59. The predicted octanol–water partition coefficient (Wildman–Crippen LogP) is 2.80. The third-order valence-electron chi connectivity index (χ3n) is 3.43. The molecule has 0 aliphatic rings. The zero-order chi connectivity index (χ0) is 15.1. The van der Waals surface area contributed by atoms with Gasteiger partial charge in [-0.25, -0.2) is 0 Å². The number of rotatable bonds is 9. The average Bonchev–Trinajstić information content (AvgIpc) is 2.86. The van der Waals surface area contributed by atoms with Crippen LogP contribution < -0.4 is 5.32 Å². The van der Waals surface area contributed by atoms with Gasteiger partial charge < -0.3 is 19.4 Å². The first-order chi connectivity index (χ1) is 10.2. The van der Waals surface area contributed by atoms with Gasteiger partial charge in [-0.05, 0) is 36.9 Å². The Labute approximate surface area is 127 Å². The summed E-state index contributed by atoms with van der Waals surface area (Å²) in [6, 6.07) is 8.77. The second kappa shape index (κ2) is 8.17. The van der Waals surface area contributed by atoms with Crippen LogP contribution in [0, 0.1) is 0 Å². The molecule has 1 aromatic carbocycles. The Bertz CT molecular complexity index is 549. The Kier molecular flexibility index (Phi) is 6.23. The number of fused-ring (bicyclic) bond motifs is 1. The van der Waals surface area contributed by atoms with Crippen LogP contribution in [0.5, 0.6) is 0 Å². The van der Waals surface area contributed by atoms with Crippen LogP contribution in [0.15, 0.2) is 30.5 Å². The van der Waals surface area contributed by atoms with E-state index in [-0.39, 0.29) is 6.10 Å². The fourth-order valence-corrected chi connectivity index (χ4v) is 2.33. The molecule has 0 aliphatic carbocycles. The third-order valence-corrected chi connectivity index (χ3v) is 3.43. The number of benzene rings is 1. The minimum absolute atomic E-state index is 0.285. The fraction of sp³-hybridized carbons (Fsp3) is 0.529. The van der Waals surface area contributed by atoms with E-state index < -0.39 is 0 Å². The molecule has 1 aromatic heterocycles. The molecule has 0 saturated carbocycles. The second-order valence-corrected chi connectivity index (χ2v) is 5.49. The molecule has 0 fully saturated rings. The Morgan fingerprint density at radius 3 is 2.81 bits per heavy atom. The van der Waals surface area contributed by atoms with Crippen molar-refractivity contribution in [1.82, 2.24) is 9.88 Å². The standard InChI is InChI=1S/C17H26N2O2/c1-14(2)21-11-9-19-8-6-16-5-4-15(12-17(16)19)13-18-7-10-20-3/h4-6,8,12,14,18H,7,9-11,13H2,1-3H3. The summed E-state index contributed by atoms with van der Waals surface area (Å²) < 4.78 is 12.9. The number of methoxy groups -OCH3 is 1. The third kappa shape index (κ3) is 4.84. The molecule has 1 heterocycles. The van der Waals surface area contributed by atoms with Gasteiger partial charge in [0.25, 0.3) is 0 Å². The summed E-state index contributed by atoms with van der Waals surface area (Å²) in [5.41, 5.74) is 2.57. The van der Waals surface area contributed by atoms with Crippen LogP contribution in [-0.2, 0) is 22.6 Å². The van der Waals surface area contributed by atoms with Crippen molar-refractivity contribution in [3.63, 3.8) is 0 Å². The lowest BCUT2D eigenvalue weighted by Crippen LogP contribution is -2.18. The van der Waals surface area contributed by atoms with Crippen LogP contribution in [0.2, 0.25) is 0 Å². The molecule has 0 saturated heterocycles. The molecule has 0 spiro atoms. The van der Waals surface area contributed by atoms with E-state index in [4.69, 9.17) is 9.47 Å². The number of hydrogen-bond donors (Lipinski definition) is 1. The van der Waals surface area contributed by atoms with Crippen molar-refractivity contribution in [2.24, 2.45) is 0 Å². The molecule has 0 amide bonds. The fourth-order valence-electron chi connectivity index (χ4n) is 2.33. The van der Waals surface area contributed by atoms with Gasteiger partial charge in [-0.1, -0.05) is 12.1 Å². The number of aromatic nitrogens is 1. The summed E-state index contributed by atoms with van der Waals surface area (Å²) in [7, 11) is 1.72. The summed E-state index contributed by atoms with van der Waals surface area (Å²) in [5, 5.41) is 4.66. The van der Waals surface area contributed by atoms with Gasteiger partial charge in [0.2, 0.25) is 0 Å². The smallest absolute Gasteiger partial charge is 0.0649 e. The summed E-state index contributed by atoms with van der Waals surface area (Å²) in [5.74, 6) is 0. The average molecular weight is 290 g/mol. The molecule has 0 aliphatic heterocycles. The SMILES string of the molecule is COCCNCc1ccc2ccn(CCOC(C)C)c2c1. The van der Waals surface area contributed by atoms with E-state index in [2.05, 4.69) is 54.2 Å². The minimum atomic E-state index is 0.285. The Morgan fingerprint density at radius 2 is 2.05 bits per heavy atom. The maximum atomic E-state index is 5.64. The highest BCUT2D eigenvalue weighted by atomic mass is 16.5. The topological polar surface area (TPSA) is 35.4 Å². The normalized spacial score (nSPS) is 11.6. The lowest BCUT2D eigenvalue weighted by atomic mass is 10.1. The monoisotopic (exact) mass is 290 g/mol. The molecule has 2 aromatic rings. The Hall–Kier alpha value is -1.36. The molecule has 116 valence electrons. The van der Waals surface area contributed by atoms with Crippen molar-refractivity contribution in [2.45, 2.75) is 33.0 Å². The maximum absolute atomic E-state index is 5.64. The molecule has 0 radical (unpaired) electrons. The molecule has 2 rings (SSSR count). The molecular weight excluding hydrogens is 264 g/mol. The first-order valence-electron chi connectivity index (χ1n) is 7.59. The van der Waals surface area contributed by atoms with Gasteiger partial charge in [0.1, 0.15) is 0 Å². The van der Waals surface area contributed by atoms with Crippen molar-refractivity contribution < 1.29 is 9.47 Å². The van der Waals surface area contributed by atoms with Crippen LogP contribution in [0.25, 0.3) is 10.9 Å². The maximum Gasteiger partial charge on any atom is 0.0649 e. The first kappa shape index (κ1) is 16.0. The molecule has 1 N–H and O–H groups in total. The summed E-state index contributed by atoms with van der Waals surface area (Å²) in [6.45, 7) is 8.25. The quantitative estimate of drug-likeness (QED) is 0.721. The number of hydrogen-bond acceptors (Lipinski definition) is 3. The number of nitrogens with one attached hydrogen (secondary N) is 1.